The molecule has 20 heavy (non-hydrogen) atoms. The standard InChI is InChI=1S/C18H14Cl2/c1-11-6-3-4-7-13(11)17-12(2)10-16(20)14-8-5-9-15(19)18(14)17/h3-10H,1-2H3. The van der Waals surface area contributed by atoms with Crippen molar-refractivity contribution in [2.45, 2.75) is 13.8 Å². The number of hydrogen-bond donors (Lipinski definition) is 0. The molecule has 0 nitrogen and oxygen atoms in total. The molecule has 3 aromatic rings. The first-order chi connectivity index (χ1) is 9.59. The summed E-state index contributed by atoms with van der Waals surface area (Å²) in [4.78, 5) is 0. The minimum absolute atomic E-state index is 0.742. The van der Waals surface area contributed by atoms with Crippen LogP contribution in [0.4, 0.5) is 0 Å². The molecule has 0 spiro atoms. The number of aryl methyl sites for hydroxylation is 2. The van der Waals surface area contributed by atoms with Crippen LogP contribution in [0.25, 0.3) is 21.9 Å². The fraction of sp³-hybridized carbons (Fsp3) is 0.111. The molecule has 0 amide bonds. The normalized spacial score (nSPS) is 11.0. The Kier molecular flexibility index (Phi) is 3.45. The van der Waals surface area contributed by atoms with Crippen molar-refractivity contribution in [1.29, 1.82) is 0 Å². The van der Waals surface area contributed by atoms with Crippen molar-refractivity contribution in [3.05, 3.63) is 69.7 Å². The van der Waals surface area contributed by atoms with E-state index in [0.29, 0.717) is 0 Å². The molecule has 0 bridgehead atoms. The molecular formula is C18H14Cl2. The SMILES string of the molecule is Cc1ccccc1-c1c(C)cc(Cl)c2cccc(Cl)c12. The van der Waals surface area contributed by atoms with E-state index < -0.39 is 0 Å². The van der Waals surface area contributed by atoms with Crippen LogP contribution in [0.15, 0.2) is 48.5 Å². The van der Waals surface area contributed by atoms with E-state index in [4.69, 9.17) is 23.2 Å². The van der Waals surface area contributed by atoms with Gasteiger partial charge in [0, 0.05) is 20.8 Å². The van der Waals surface area contributed by atoms with Crippen molar-refractivity contribution in [1.82, 2.24) is 0 Å². The molecule has 100 valence electrons. The summed E-state index contributed by atoms with van der Waals surface area (Å²) in [5.41, 5.74) is 4.76. The first-order valence-corrected chi connectivity index (χ1v) is 7.28. The van der Waals surface area contributed by atoms with Crippen LogP contribution in [-0.4, -0.2) is 0 Å². The number of fused-ring (bicyclic) bond motifs is 1. The van der Waals surface area contributed by atoms with Crippen LogP contribution in [0, 0.1) is 13.8 Å². The lowest BCUT2D eigenvalue weighted by molar-refractivity contribution is 1.43. The molecule has 0 N–H and O–H groups in total. The van der Waals surface area contributed by atoms with Gasteiger partial charge in [-0.3, -0.25) is 0 Å². The van der Waals surface area contributed by atoms with E-state index in [1.54, 1.807) is 0 Å². The van der Waals surface area contributed by atoms with E-state index in [0.717, 1.165) is 26.4 Å². The highest BCUT2D eigenvalue weighted by molar-refractivity contribution is 6.41. The van der Waals surface area contributed by atoms with Gasteiger partial charge in [0.1, 0.15) is 0 Å². The number of halogens is 2. The van der Waals surface area contributed by atoms with Gasteiger partial charge >= 0.3 is 0 Å². The Morgan fingerprint density at radius 2 is 1.50 bits per heavy atom. The van der Waals surface area contributed by atoms with Gasteiger partial charge in [-0.25, -0.2) is 0 Å². The van der Waals surface area contributed by atoms with Crippen LogP contribution in [0.2, 0.25) is 10.0 Å². The van der Waals surface area contributed by atoms with E-state index in [1.165, 1.54) is 16.7 Å². The molecule has 0 aromatic heterocycles. The van der Waals surface area contributed by atoms with Crippen molar-refractivity contribution in [3.63, 3.8) is 0 Å². The Hall–Kier alpha value is -1.50. The third kappa shape index (κ3) is 2.09. The summed E-state index contributed by atoms with van der Waals surface area (Å²) in [6.07, 6.45) is 0. The average molecular weight is 301 g/mol. The van der Waals surface area contributed by atoms with E-state index in [9.17, 15) is 0 Å². The first kappa shape index (κ1) is 13.5. The Labute approximate surface area is 129 Å². The molecule has 2 heteroatoms. The smallest absolute Gasteiger partial charge is 0.0491 e. The molecule has 0 aliphatic rings. The summed E-state index contributed by atoms with van der Waals surface area (Å²) in [5.74, 6) is 0. The second kappa shape index (κ2) is 5.12. The largest absolute Gasteiger partial charge is 0.0837 e. The summed E-state index contributed by atoms with van der Waals surface area (Å²) in [6, 6.07) is 16.2. The van der Waals surface area contributed by atoms with Crippen LogP contribution in [-0.2, 0) is 0 Å². The highest BCUT2D eigenvalue weighted by Crippen LogP contribution is 2.40. The van der Waals surface area contributed by atoms with E-state index >= 15 is 0 Å². The fourth-order valence-corrected chi connectivity index (χ4v) is 3.31. The van der Waals surface area contributed by atoms with Crippen molar-refractivity contribution in [2.75, 3.05) is 0 Å². The summed E-state index contributed by atoms with van der Waals surface area (Å²) < 4.78 is 0. The molecule has 3 aromatic carbocycles. The third-order valence-electron chi connectivity index (χ3n) is 3.67. The van der Waals surface area contributed by atoms with Crippen LogP contribution < -0.4 is 0 Å². The van der Waals surface area contributed by atoms with Crippen LogP contribution in [0.5, 0.6) is 0 Å². The maximum absolute atomic E-state index is 6.45. The maximum Gasteiger partial charge on any atom is 0.0491 e. The van der Waals surface area contributed by atoms with Gasteiger partial charge in [-0.1, -0.05) is 59.6 Å². The zero-order chi connectivity index (χ0) is 14.3. The molecule has 0 radical (unpaired) electrons. The van der Waals surface area contributed by atoms with Gasteiger partial charge in [-0.05, 0) is 48.2 Å². The minimum atomic E-state index is 0.742. The van der Waals surface area contributed by atoms with Crippen molar-refractivity contribution < 1.29 is 0 Å². The summed E-state index contributed by atoms with van der Waals surface area (Å²) in [7, 11) is 0. The number of hydrogen-bond acceptors (Lipinski definition) is 0. The second-order valence-corrected chi connectivity index (χ2v) is 5.84. The van der Waals surface area contributed by atoms with Gasteiger partial charge in [0.25, 0.3) is 0 Å². The predicted molar refractivity (Wildman–Crippen MR) is 88.9 cm³/mol. The molecule has 0 atom stereocenters. The zero-order valence-electron chi connectivity index (χ0n) is 11.4. The Balaban J connectivity index is 2.51. The molecule has 0 unspecified atom stereocenters. The van der Waals surface area contributed by atoms with E-state index in [-0.39, 0.29) is 0 Å². The van der Waals surface area contributed by atoms with Crippen LogP contribution in [0.3, 0.4) is 0 Å². The number of benzene rings is 3. The summed E-state index contributed by atoms with van der Waals surface area (Å²) in [5, 5.41) is 3.53. The van der Waals surface area contributed by atoms with Gasteiger partial charge in [0.15, 0.2) is 0 Å². The second-order valence-electron chi connectivity index (χ2n) is 5.03. The molecule has 0 saturated heterocycles. The third-order valence-corrected chi connectivity index (χ3v) is 4.30. The quantitative estimate of drug-likeness (QED) is 0.486. The lowest BCUT2D eigenvalue weighted by Crippen LogP contribution is -1.91. The van der Waals surface area contributed by atoms with Gasteiger partial charge < -0.3 is 0 Å². The first-order valence-electron chi connectivity index (χ1n) is 6.53. The van der Waals surface area contributed by atoms with E-state index in [1.807, 2.05) is 30.3 Å². The zero-order valence-corrected chi connectivity index (χ0v) is 12.9. The lowest BCUT2D eigenvalue weighted by Gasteiger charge is -2.15. The number of rotatable bonds is 1. The fourth-order valence-electron chi connectivity index (χ4n) is 2.71. The highest BCUT2D eigenvalue weighted by atomic mass is 35.5. The maximum atomic E-state index is 6.45. The molecular weight excluding hydrogens is 287 g/mol. The molecule has 0 aliphatic heterocycles. The molecule has 0 aliphatic carbocycles. The van der Waals surface area contributed by atoms with E-state index in [2.05, 4.69) is 32.0 Å². The summed E-state index contributed by atoms with van der Waals surface area (Å²) in [6.45, 7) is 4.20. The van der Waals surface area contributed by atoms with Crippen molar-refractivity contribution in [3.8, 4) is 11.1 Å². The molecule has 0 heterocycles. The summed E-state index contributed by atoms with van der Waals surface area (Å²) >= 11 is 12.8. The monoisotopic (exact) mass is 300 g/mol. The topological polar surface area (TPSA) is 0 Å². The van der Waals surface area contributed by atoms with Crippen LogP contribution >= 0.6 is 23.2 Å². The highest BCUT2D eigenvalue weighted by Gasteiger charge is 2.14. The lowest BCUT2D eigenvalue weighted by atomic mass is 9.91. The van der Waals surface area contributed by atoms with Gasteiger partial charge in [-0.2, -0.15) is 0 Å². The molecule has 0 fully saturated rings. The van der Waals surface area contributed by atoms with Crippen LogP contribution in [0.1, 0.15) is 11.1 Å². The van der Waals surface area contributed by atoms with Gasteiger partial charge in [-0.15, -0.1) is 0 Å². The van der Waals surface area contributed by atoms with Gasteiger partial charge in [0.05, 0.1) is 0 Å². The van der Waals surface area contributed by atoms with Crippen molar-refractivity contribution in [2.24, 2.45) is 0 Å². The van der Waals surface area contributed by atoms with Crippen molar-refractivity contribution >= 4 is 34.0 Å². The molecule has 0 saturated carbocycles. The average Bonchev–Trinajstić information content (AvgIpc) is 2.41. The predicted octanol–water partition coefficient (Wildman–Crippen LogP) is 6.43. The molecule has 3 rings (SSSR count). The Bertz CT molecular complexity index is 804. The Morgan fingerprint density at radius 1 is 0.750 bits per heavy atom. The Morgan fingerprint density at radius 3 is 2.25 bits per heavy atom. The van der Waals surface area contributed by atoms with Gasteiger partial charge in [0.2, 0.25) is 0 Å². The minimum Gasteiger partial charge on any atom is -0.0837 e.